The van der Waals surface area contributed by atoms with Gasteiger partial charge in [0.25, 0.3) is 0 Å². The fourth-order valence-electron chi connectivity index (χ4n) is 2.58. The van der Waals surface area contributed by atoms with Crippen molar-refractivity contribution in [2.75, 3.05) is 0 Å². The minimum atomic E-state index is 0. The number of hydrogen-bond acceptors (Lipinski definition) is 1. The van der Waals surface area contributed by atoms with Crippen molar-refractivity contribution >= 4 is 24.8 Å². The zero-order valence-electron chi connectivity index (χ0n) is 15.4. The van der Waals surface area contributed by atoms with Crippen LogP contribution in [0.2, 0.25) is 0 Å². The average Bonchev–Trinajstić information content (AvgIpc) is 3.18. The van der Waals surface area contributed by atoms with E-state index < -0.39 is 0 Å². The molecular formula is C24H23Cl2CrN. The van der Waals surface area contributed by atoms with E-state index in [0.29, 0.717) is 0 Å². The summed E-state index contributed by atoms with van der Waals surface area (Å²) in [6.07, 6.45) is 13.4. The molecule has 0 unspecified atom stereocenters. The number of nitrogens with zero attached hydrogens (tertiary/aromatic N) is 1. The van der Waals surface area contributed by atoms with Crippen LogP contribution in [0.15, 0.2) is 103 Å². The van der Waals surface area contributed by atoms with E-state index in [4.69, 9.17) is 0 Å². The maximum absolute atomic E-state index is 4.22. The molecule has 4 heteroatoms. The van der Waals surface area contributed by atoms with Gasteiger partial charge in [0.05, 0.1) is 0 Å². The Kier molecular flexibility index (Phi) is 14.0. The molecule has 1 nitrogen and oxygen atoms in total. The van der Waals surface area contributed by atoms with Gasteiger partial charge in [-0.1, -0.05) is 60.5 Å². The van der Waals surface area contributed by atoms with Crippen LogP contribution in [0.4, 0.5) is 0 Å². The molecule has 28 heavy (non-hydrogen) atoms. The zero-order chi connectivity index (χ0) is 17.2. The number of allylic oxidation sites excluding steroid dienone is 4. The van der Waals surface area contributed by atoms with E-state index in [2.05, 4.69) is 72.1 Å². The predicted molar refractivity (Wildman–Crippen MR) is 118 cm³/mol. The molecule has 0 atom stereocenters. The number of halogens is 2. The maximum atomic E-state index is 4.22. The fraction of sp³-hybridized carbons (Fsp3) is 0.0833. The Morgan fingerprint density at radius 2 is 1.46 bits per heavy atom. The first-order chi connectivity index (χ1) is 12.4. The third kappa shape index (κ3) is 9.31. The van der Waals surface area contributed by atoms with Gasteiger partial charge in [0.15, 0.2) is 0 Å². The summed E-state index contributed by atoms with van der Waals surface area (Å²) >= 11 is 0. The Labute approximate surface area is 191 Å². The smallest absolute Gasteiger partial charge is 0.277 e. The number of pyridine rings is 1. The summed E-state index contributed by atoms with van der Waals surface area (Å²) in [5.41, 5.74) is 4.94. The van der Waals surface area contributed by atoms with Gasteiger partial charge in [-0.2, -0.15) is 11.6 Å². The van der Waals surface area contributed by atoms with Crippen LogP contribution >= 0.6 is 24.8 Å². The van der Waals surface area contributed by atoms with Gasteiger partial charge in [0.2, 0.25) is 0 Å². The van der Waals surface area contributed by atoms with Crippen molar-refractivity contribution in [1.82, 2.24) is 4.98 Å². The standard InChI is InChI=1S/C12H10N.C12H11.2ClH.Cr/c1-2-6-11(7-3-1)10-12-8-4-5-9-13-12;1-2-6-11(7-3-1)10-12-8-4-5-9-12;;;/h1-10H;1-3,6-9H,4,10H2;2*1H;/q2*-1;;;+2. The molecule has 1 aromatic heterocycles. The number of rotatable bonds is 4. The molecule has 4 rings (SSSR count). The molecule has 0 saturated carbocycles. The Morgan fingerprint density at radius 1 is 0.821 bits per heavy atom. The van der Waals surface area contributed by atoms with Crippen LogP contribution in [0, 0.1) is 12.5 Å². The summed E-state index contributed by atoms with van der Waals surface area (Å²) < 4.78 is 0. The molecule has 1 aliphatic carbocycles. The number of hydrogen-bond donors (Lipinski definition) is 0. The van der Waals surface area contributed by atoms with E-state index in [9.17, 15) is 0 Å². The van der Waals surface area contributed by atoms with E-state index >= 15 is 0 Å². The fourth-order valence-corrected chi connectivity index (χ4v) is 2.58. The molecule has 0 amide bonds. The first kappa shape index (κ1) is 26.1. The summed E-state index contributed by atoms with van der Waals surface area (Å²) in [7, 11) is 0. The molecule has 144 valence electrons. The summed E-state index contributed by atoms with van der Waals surface area (Å²) in [4.78, 5) is 4.22. The predicted octanol–water partition coefficient (Wildman–Crippen LogP) is 6.44. The Morgan fingerprint density at radius 3 is 2.04 bits per heavy atom. The zero-order valence-corrected chi connectivity index (χ0v) is 18.3. The van der Waals surface area contributed by atoms with E-state index in [-0.39, 0.29) is 42.2 Å². The van der Waals surface area contributed by atoms with Gasteiger partial charge in [0, 0.05) is 6.20 Å². The van der Waals surface area contributed by atoms with Gasteiger partial charge in [-0.25, -0.2) is 6.08 Å². The van der Waals surface area contributed by atoms with Gasteiger partial charge in [-0.15, -0.1) is 73.6 Å². The molecule has 0 bridgehead atoms. The van der Waals surface area contributed by atoms with Gasteiger partial charge < -0.3 is 0 Å². The van der Waals surface area contributed by atoms with Crippen LogP contribution in [0.1, 0.15) is 23.2 Å². The SMILES string of the molecule is Cl.Cl.[C-]1=CC(Cc2ccccc2)=CC1.[Cr+2].c1ccc([CH-]c2ccccn2)cc1. The molecule has 0 saturated heterocycles. The summed E-state index contributed by atoms with van der Waals surface area (Å²) in [6, 6.07) is 26.6. The molecular weight excluding hydrogens is 425 g/mol. The van der Waals surface area contributed by atoms with Gasteiger partial charge in [-0.3, -0.25) is 11.1 Å². The van der Waals surface area contributed by atoms with Crippen molar-refractivity contribution in [2.24, 2.45) is 0 Å². The second-order valence-corrected chi connectivity index (χ2v) is 5.80. The summed E-state index contributed by atoms with van der Waals surface area (Å²) in [6.45, 7) is 0. The van der Waals surface area contributed by atoms with E-state index in [1.165, 1.54) is 16.7 Å². The van der Waals surface area contributed by atoms with Crippen LogP contribution < -0.4 is 0 Å². The topological polar surface area (TPSA) is 12.9 Å². The second-order valence-electron chi connectivity index (χ2n) is 5.80. The van der Waals surface area contributed by atoms with E-state index in [1.54, 1.807) is 6.20 Å². The third-order valence-electron chi connectivity index (χ3n) is 3.82. The molecule has 1 heterocycles. The van der Waals surface area contributed by atoms with E-state index in [0.717, 1.165) is 18.5 Å². The van der Waals surface area contributed by atoms with Crippen LogP contribution in [0.25, 0.3) is 0 Å². The molecule has 0 N–H and O–H groups in total. The molecule has 2 aromatic carbocycles. The second kappa shape index (κ2) is 15.0. The summed E-state index contributed by atoms with van der Waals surface area (Å²) in [5, 5.41) is 0. The first-order valence-corrected chi connectivity index (χ1v) is 8.50. The van der Waals surface area contributed by atoms with Crippen molar-refractivity contribution in [1.29, 1.82) is 0 Å². The number of aromatic nitrogens is 1. The van der Waals surface area contributed by atoms with Crippen LogP contribution in [0.3, 0.4) is 0 Å². The Hall–Kier alpha value is -1.95. The van der Waals surface area contributed by atoms with Crippen molar-refractivity contribution < 1.29 is 17.4 Å². The van der Waals surface area contributed by atoms with Crippen LogP contribution in [0.5, 0.6) is 0 Å². The third-order valence-corrected chi connectivity index (χ3v) is 3.82. The van der Waals surface area contributed by atoms with Crippen molar-refractivity contribution in [2.45, 2.75) is 12.8 Å². The minimum absolute atomic E-state index is 0. The molecule has 3 aromatic rings. The van der Waals surface area contributed by atoms with Gasteiger partial charge >= 0.3 is 17.4 Å². The summed E-state index contributed by atoms with van der Waals surface area (Å²) in [5.74, 6) is 0. The van der Waals surface area contributed by atoms with Gasteiger partial charge in [-0.05, 0) is 5.69 Å². The van der Waals surface area contributed by atoms with Gasteiger partial charge in [0.1, 0.15) is 0 Å². The molecule has 0 aliphatic heterocycles. The molecule has 0 fully saturated rings. The van der Waals surface area contributed by atoms with Crippen molar-refractivity contribution in [3.05, 3.63) is 132 Å². The Balaban J connectivity index is 0.000000471. The molecule has 1 aliphatic rings. The van der Waals surface area contributed by atoms with Crippen LogP contribution in [-0.2, 0) is 23.8 Å². The molecule has 0 spiro atoms. The largest absolute Gasteiger partial charge is 2.00 e. The minimum Gasteiger partial charge on any atom is -0.277 e. The number of benzene rings is 2. The first-order valence-electron chi connectivity index (χ1n) is 8.50. The average molecular weight is 448 g/mol. The normalized spacial score (nSPS) is 10.8. The maximum Gasteiger partial charge on any atom is 2.00 e. The van der Waals surface area contributed by atoms with Crippen molar-refractivity contribution in [3.8, 4) is 0 Å². The van der Waals surface area contributed by atoms with E-state index in [1.807, 2.05) is 36.4 Å². The monoisotopic (exact) mass is 447 g/mol. The quantitative estimate of drug-likeness (QED) is 0.419. The Bertz CT molecular complexity index is 781. The van der Waals surface area contributed by atoms with Crippen LogP contribution in [-0.4, -0.2) is 4.98 Å². The van der Waals surface area contributed by atoms with Crippen molar-refractivity contribution in [3.63, 3.8) is 0 Å². The molecule has 0 radical (unpaired) electrons.